The van der Waals surface area contributed by atoms with Gasteiger partial charge >= 0.3 is 6.18 Å². The third-order valence-corrected chi connectivity index (χ3v) is 5.14. The third-order valence-electron chi connectivity index (χ3n) is 5.14. The van der Waals surface area contributed by atoms with Crippen LogP contribution in [0.5, 0.6) is 0 Å². The molecule has 9 heteroatoms. The highest BCUT2D eigenvalue weighted by atomic mass is 19.4. The average molecular weight is 414 g/mol. The Kier molecular flexibility index (Phi) is 7.13. The molecule has 2 fully saturated rings. The molecule has 2 saturated heterocycles. The minimum Gasteiger partial charge on any atom is -0.378 e. The Morgan fingerprint density at radius 3 is 2.52 bits per heavy atom. The molecule has 1 aromatic carbocycles. The van der Waals surface area contributed by atoms with Gasteiger partial charge < -0.3 is 19.3 Å². The lowest BCUT2D eigenvalue weighted by atomic mass is 10.1. The van der Waals surface area contributed by atoms with Crippen LogP contribution in [0, 0.1) is 0 Å². The van der Waals surface area contributed by atoms with Gasteiger partial charge in [0.25, 0.3) is 5.91 Å². The maximum Gasteiger partial charge on any atom is 0.416 e. The summed E-state index contributed by atoms with van der Waals surface area (Å²) in [6.45, 7) is 2.87. The zero-order chi connectivity index (χ0) is 20.9. The Labute approximate surface area is 167 Å². The van der Waals surface area contributed by atoms with E-state index < -0.39 is 17.6 Å². The molecule has 0 N–H and O–H groups in total. The van der Waals surface area contributed by atoms with Crippen molar-refractivity contribution in [2.75, 3.05) is 46.0 Å². The first-order valence-corrected chi connectivity index (χ1v) is 9.78. The molecule has 0 spiro atoms. The van der Waals surface area contributed by atoms with Gasteiger partial charge in [-0.3, -0.25) is 9.59 Å². The van der Waals surface area contributed by atoms with E-state index in [4.69, 9.17) is 9.47 Å². The molecular formula is C20H25F3N2O4. The number of amides is 2. The number of halogens is 3. The Bertz CT molecular complexity index is 712. The van der Waals surface area contributed by atoms with E-state index in [0.29, 0.717) is 26.3 Å². The number of hydrogen-bond acceptors (Lipinski definition) is 4. The zero-order valence-electron chi connectivity index (χ0n) is 16.1. The molecule has 2 aliphatic heterocycles. The number of nitrogens with zero attached hydrogens (tertiary/aromatic N) is 2. The predicted molar refractivity (Wildman–Crippen MR) is 98.3 cm³/mol. The Morgan fingerprint density at radius 2 is 1.86 bits per heavy atom. The molecule has 2 heterocycles. The summed E-state index contributed by atoms with van der Waals surface area (Å²) < 4.78 is 49.5. The first kappa shape index (κ1) is 21.6. The molecule has 6 nitrogen and oxygen atoms in total. The van der Waals surface area contributed by atoms with Gasteiger partial charge in [0, 0.05) is 38.3 Å². The van der Waals surface area contributed by atoms with Crippen molar-refractivity contribution in [3.05, 3.63) is 35.4 Å². The van der Waals surface area contributed by atoms with E-state index in [1.807, 2.05) is 0 Å². The van der Waals surface area contributed by atoms with Gasteiger partial charge in [0.1, 0.15) is 0 Å². The SMILES string of the molecule is O=C(CCOCC1CCCO1)N1CCN(C(=O)c2cccc(C(F)(F)F)c2)CC1. The van der Waals surface area contributed by atoms with Gasteiger partial charge in [0.15, 0.2) is 0 Å². The van der Waals surface area contributed by atoms with Crippen molar-refractivity contribution >= 4 is 11.8 Å². The maximum atomic E-state index is 12.8. The summed E-state index contributed by atoms with van der Waals surface area (Å²) in [5.41, 5.74) is -0.845. The Morgan fingerprint density at radius 1 is 1.14 bits per heavy atom. The fourth-order valence-corrected chi connectivity index (χ4v) is 3.48. The number of piperazine rings is 1. The van der Waals surface area contributed by atoms with Gasteiger partial charge in [-0.15, -0.1) is 0 Å². The van der Waals surface area contributed by atoms with Crippen molar-refractivity contribution in [3.63, 3.8) is 0 Å². The Hall–Kier alpha value is -2.13. The van der Waals surface area contributed by atoms with Gasteiger partial charge in [0.2, 0.25) is 5.91 Å². The van der Waals surface area contributed by atoms with Crippen LogP contribution in [0.15, 0.2) is 24.3 Å². The second-order valence-electron chi connectivity index (χ2n) is 7.21. The summed E-state index contributed by atoms with van der Waals surface area (Å²) in [5.74, 6) is -0.508. The largest absolute Gasteiger partial charge is 0.416 e. The van der Waals surface area contributed by atoms with Crippen LogP contribution >= 0.6 is 0 Å². The Balaban J connectivity index is 1.42. The second-order valence-corrected chi connectivity index (χ2v) is 7.21. The summed E-state index contributed by atoms with van der Waals surface area (Å²) in [5, 5.41) is 0. The average Bonchev–Trinajstić information content (AvgIpc) is 3.23. The van der Waals surface area contributed by atoms with Crippen LogP contribution in [0.3, 0.4) is 0 Å². The number of benzene rings is 1. The molecule has 0 aliphatic carbocycles. The van der Waals surface area contributed by atoms with E-state index in [0.717, 1.165) is 31.6 Å². The maximum absolute atomic E-state index is 12.8. The molecule has 0 saturated carbocycles. The highest BCUT2D eigenvalue weighted by Crippen LogP contribution is 2.29. The van der Waals surface area contributed by atoms with E-state index in [1.165, 1.54) is 17.0 Å². The number of hydrogen-bond donors (Lipinski definition) is 0. The van der Waals surface area contributed by atoms with E-state index in [1.54, 1.807) is 4.90 Å². The van der Waals surface area contributed by atoms with Crippen LogP contribution in [0.25, 0.3) is 0 Å². The molecular weight excluding hydrogens is 389 g/mol. The van der Waals surface area contributed by atoms with Gasteiger partial charge in [0.05, 0.1) is 31.3 Å². The van der Waals surface area contributed by atoms with E-state index >= 15 is 0 Å². The van der Waals surface area contributed by atoms with E-state index in [2.05, 4.69) is 0 Å². The second kappa shape index (κ2) is 9.58. The highest BCUT2D eigenvalue weighted by Gasteiger charge is 2.32. The van der Waals surface area contributed by atoms with Crippen LogP contribution in [-0.2, 0) is 20.4 Å². The lowest BCUT2D eigenvalue weighted by Gasteiger charge is -2.35. The predicted octanol–water partition coefficient (Wildman–Crippen LogP) is 2.58. The van der Waals surface area contributed by atoms with Gasteiger partial charge in [-0.2, -0.15) is 13.2 Å². The monoisotopic (exact) mass is 414 g/mol. The van der Waals surface area contributed by atoms with Gasteiger partial charge in [-0.1, -0.05) is 6.07 Å². The fraction of sp³-hybridized carbons (Fsp3) is 0.600. The van der Waals surface area contributed by atoms with Crippen molar-refractivity contribution in [2.45, 2.75) is 31.5 Å². The van der Waals surface area contributed by atoms with Gasteiger partial charge in [-0.25, -0.2) is 0 Å². The molecule has 0 radical (unpaired) electrons. The number of carbonyl (C=O) groups is 2. The van der Waals surface area contributed by atoms with Crippen molar-refractivity contribution in [3.8, 4) is 0 Å². The third kappa shape index (κ3) is 5.93. The molecule has 29 heavy (non-hydrogen) atoms. The quantitative estimate of drug-likeness (QED) is 0.672. The van der Waals surface area contributed by atoms with Crippen LogP contribution in [0.1, 0.15) is 35.2 Å². The van der Waals surface area contributed by atoms with Crippen molar-refractivity contribution in [1.29, 1.82) is 0 Å². The topological polar surface area (TPSA) is 59.1 Å². The highest BCUT2D eigenvalue weighted by molar-refractivity contribution is 5.94. The normalized spacial score (nSPS) is 20.2. The smallest absolute Gasteiger partial charge is 0.378 e. The lowest BCUT2D eigenvalue weighted by molar-refractivity contribution is -0.137. The molecule has 2 amide bonds. The van der Waals surface area contributed by atoms with Gasteiger partial charge in [-0.05, 0) is 31.0 Å². The van der Waals surface area contributed by atoms with Crippen LogP contribution in [0.2, 0.25) is 0 Å². The van der Waals surface area contributed by atoms with Crippen LogP contribution in [-0.4, -0.2) is 73.7 Å². The molecule has 1 unspecified atom stereocenters. The molecule has 0 bridgehead atoms. The van der Waals surface area contributed by atoms with Crippen molar-refractivity contribution in [1.82, 2.24) is 9.80 Å². The van der Waals surface area contributed by atoms with Crippen LogP contribution in [0.4, 0.5) is 13.2 Å². The molecule has 0 aromatic heterocycles. The summed E-state index contributed by atoms with van der Waals surface area (Å²) in [6, 6.07) is 4.41. The van der Waals surface area contributed by atoms with E-state index in [-0.39, 0.29) is 37.1 Å². The molecule has 3 rings (SSSR count). The zero-order valence-corrected chi connectivity index (χ0v) is 16.1. The molecule has 2 aliphatic rings. The first-order valence-electron chi connectivity index (χ1n) is 9.78. The molecule has 1 aromatic rings. The molecule has 160 valence electrons. The molecule has 1 atom stereocenters. The van der Waals surface area contributed by atoms with Crippen LogP contribution < -0.4 is 0 Å². The number of rotatable bonds is 6. The minimum absolute atomic E-state index is 0.00198. The standard InChI is InChI=1S/C20H25F3N2O4/c21-20(22,23)16-4-1-3-15(13-16)19(27)25-9-7-24(8-10-25)18(26)6-12-28-14-17-5-2-11-29-17/h1,3-4,13,17H,2,5-12,14H2. The summed E-state index contributed by atoms with van der Waals surface area (Å²) in [7, 11) is 0. The summed E-state index contributed by atoms with van der Waals surface area (Å²) in [4.78, 5) is 27.9. The fourth-order valence-electron chi connectivity index (χ4n) is 3.48. The number of ether oxygens (including phenoxy) is 2. The lowest BCUT2D eigenvalue weighted by Crippen LogP contribution is -2.50. The number of alkyl halides is 3. The first-order chi connectivity index (χ1) is 13.8. The van der Waals surface area contributed by atoms with Crippen molar-refractivity contribution < 1.29 is 32.2 Å². The summed E-state index contributed by atoms with van der Waals surface area (Å²) in [6.07, 6.45) is -2.09. The summed E-state index contributed by atoms with van der Waals surface area (Å²) >= 11 is 0. The van der Waals surface area contributed by atoms with E-state index in [9.17, 15) is 22.8 Å². The minimum atomic E-state index is -4.49. The number of carbonyl (C=O) groups excluding carboxylic acids is 2. The van der Waals surface area contributed by atoms with Crippen molar-refractivity contribution in [2.24, 2.45) is 0 Å².